The first-order valence-electron chi connectivity index (χ1n) is 5.47. The number of rotatable bonds is 2. The minimum atomic E-state index is -1.05. The minimum Gasteiger partial charge on any atom is -0.467 e. The van der Waals surface area contributed by atoms with E-state index in [-0.39, 0.29) is 0 Å². The molecule has 1 heterocycles. The van der Waals surface area contributed by atoms with Crippen molar-refractivity contribution in [2.45, 2.75) is 45.2 Å². The Morgan fingerprint density at radius 3 is 2.35 bits per heavy atom. The summed E-state index contributed by atoms with van der Waals surface area (Å²) in [5.41, 5.74) is 0. The molecule has 98 valence electrons. The zero-order valence-corrected chi connectivity index (χ0v) is 10.4. The van der Waals surface area contributed by atoms with Gasteiger partial charge in [0.05, 0.1) is 19.3 Å². The van der Waals surface area contributed by atoms with Crippen LogP contribution in [0.3, 0.4) is 0 Å². The molecule has 1 N–H and O–H groups in total. The summed E-state index contributed by atoms with van der Waals surface area (Å²) in [7, 11) is 1.23. The number of hydrogen-bond donors (Lipinski definition) is 1. The van der Waals surface area contributed by atoms with E-state index >= 15 is 0 Å². The lowest BCUT2D eigenvalue weighted by Crippen LogP contribution is -2.56. The molecule has 1 aliphatic heterocycles. The average molecular weight is 246 g/mol. The van der Waals surface area contributed by atoms with E-state index in [0.717, 1.165) is 0 Å². The van der Waals surface area contributed by atoms with Crippen molar-refractivity contribution in [3.8, 4) is 0 Å². The number of hydrogen-bond acceptors (Lipinski definition) is 6. The van der Waals surface area contributed by atoms with Gasteiger partial charge in [-0.1, -0.05) is 6.92 Å². The predicted octanol–water partition coefficient (Wildman–Crippen LogP) is -0.125. The lowest BCUT2D eigenvalue weighted by Gasteiger charge is -2.40. The molecule has 5 atom stereocenters. The predicted molar refractivity (Wildman–Crippen MR) is 57.1 cm³/mol. The van der Waals surface area contributed by atoms with Crippen LogP contribution in [0.2, 0.25) is 0 Å². The fourth-order valence-corrected chi connectivity index (χ4v) is 1.99. The fraction of sp³-hybridized carbons (Fsp3) is 0.818. The minimum absolute atomic E-state index is 0.397. The maximum atomic E-state index is 11.4. The zero-order valence-electron chi connectivity index (χ0n) is 10.4. The summed E-state index contributed by atoms with van der Waals surface area (Å²) in [5, 5.41) is 9.92. The highest BCUT2D eigenvalue weighted by Gasteiger charge is 2.46. The van der Waals surface area contributed by atoms with Crippen LogP contribution in [0.25, 0.3) is 0 Å². The fourth-order valence-electron chi connectivity index (χ4n) is 1.99. The molecule has 6 nitrogen and oxygen atoms in total. The molecular weight excluding hydrogens is 228 g/mol. The van der Waals surface area contributed by atoms with Crippen LogP contribution in [0.5, 0.6) is 0 Å². The molecule has 0 aromatic heterocycles. The molecule has 1 saturated heterocycles. The van der Waals surface area contributed by atoms with Gasteiger partial charge in [-0.15, -0.1) is 0 Å². The molecule has 1 fully saturated rings. The molecule has 0 bridgehead atoms. The van der Waals surface area contributed by atoms with E-state index in [1.807, 2.05) is 0 Å². The van der Waals surface area contributed by atoms with Crippen LogP contribution in [0, 0.1) is 5.92 Å². The SMILES string of the molecule is COC(=O)C1O[C@@H](C)C(OC(C)=O)[C@@H](C)[C@@H]1O. The standard InChI is InChI=1S/C11H18O6/c1-5-8(13)10(11(14)15-4)16-6(2)9(5)17-7(3)12/h5-6,8-10,13H,1-4H3/t5-,6-,8-,9?,10?/m0/s1. The van der Waals surface area contributed by atoms with Crippen molar-refractivity contribution in [2.24, 2.45) is 5.92 Å². The smallest absolute Gasteiger partial charge is 0.337 e. The number of ether oxygens (including phenoxy) is 3. The monoisotopic (exact) mass is 246 g/mol. The highest BCUT2D eigenvalue weighted by Crippen LogP contribution is 2.28. The summed E-state index contributed by atoms with van der Waals surface area (Å²) in [6.45, 7) is 4.68. The molecule has 0 amide bonds. The summed E-state index contributed by atoms with van der Waals surface area (Å²) < 4.78 is 14.9. The third-order valence-corrected chi connectivity index (χ3v) is 2.93. The van der Waals surface area contributed by atoms with Crippen molar-refractivity contribution < 1.29 is 28.9 Å². The Hall–Kier alpha value is -1.14. The van der Waals surface area contributed by atoms with Crippen LogP contribution in [-0.2, 0) is 23.8 Å². The Morgan fingerprint density at radius 2 is 1.88 bits per heavy atom. The van der Waals surface area contributed by atoms with Crippen LogP contribution in [0.15, 0.2) is 0 Å². The van der Waals surface area contributed by atoms with Gasteiger partial charge in [-0.25, -0.2) is 4.79 Å². The lowest BCUT2D eigenvalue weighted by atomic mass is 9.88. The highest BCUT2D eigenvalue weighted by molar-refractivity contribution is 5.75. The van der Waals surface area contributed by atoms with Gasteiger partial charge in [0.2, 0.25) is 0 Å². The van der Waals surface area contributed by atoms with Gasteiger partial charge in [-0.05, 0) is 6.92 Å². The Bertz CT molecular complexity index is 302. The van der Waals surface area contributed by atoms with Crippen LogP contribution in [0.4, 0.5) is 0 Å². The maximum absolute atomic E-state index is 11.4. The molecule has 1 aliphatic rings. The molecule has 2 unspecified atom stereocenters. The van der Waals surface area contributed by atoms with Crippen molar-refractivity contribution in [1.82, 2.24) is 0 Å². The number of esters is 2. The molecule has 0 aromatic carbocycles. The summed E-state index contributed by atoms with van der Waals surface area (Å²) in [6.07, 6.45) is -3.12. The number of carbonyl (C=O) groups is 2. The normalized spacial score (nSPS) is 37.4. The Kier molecular flexibility index (Phi) is 4.47. The first-order chi connectivity index (χ1) is 7.88. The molecule has 1 rings (SSSR count). The van der Waals surface area contributed by atoms with Crippen LogP contribution < -0.4 is 0 Å². The molecular formula is C11H18O6. The third-order valence-electron chi connectivity index (χ3n) is 2.93. The van der Waals surface area contributed by atoms with E-state index in [1.54, 1.807) is 13.8 Å². The summed E-state index contributed by atoms with van der Waals surface area (Å²) in [4.78, 5) is 22.3. The highest BCUT2D eigenvalue weighted by atomic mass is 16.6. The molecule has 0 spiro atoms. The largest absolute Gasteiger partial charge is 0.467 e. The van der Waals surface area contributed by atoms with Crippen molar-refractivity contribution in [1.29, 1.82) is 0 Å². The molecule has 0 aliphatic carbocycles. The van der Waals surface area contributed by atoms with Crippen LogP contribution in [-0.4, -0.2) is 48.6 Å². The summed E-state index contributed by atoms with van der Waals surface area (Å²) in [6, 6.07) is 0. The average Bonchev–Trinajstić information content (AvgIpc) is 2.28. The molecule has 0 radical (unpaired) electrons. The molecule has 0 aromatic rings. The van der Waals surface area contributed by atoms with E-state index in [0.29, 0.717) is 0 Å². The second-order valence-corrected chi connectivity index (χ2v) is 4.21. The van der Waals surface area contributed by atoms with E-state index in [4.69, 9.17) is 9.47 Å². The van der Waals surface area contributed by atoms with Gasteiger partial charge in [0.15, 0.2) is 6.10 Å². The Labute approximate surface area is 99.8 Å². The van der Waals surface area contributed by atoms with E-state index in [1.165, 1.54) is 14.0 Å². The van der Waals surface area contributed by atoms with Gasteiger partial charge in [-0.3, -0.25) is 4.79 Å². The van der Waals surface area contributed by atoms with E-state index in [9.17, 15) is 14.7 Å². The zero-order chi connectivity index (χ0) is 13.2. The Morgan fingerprint density at radius 1 is 1.29 bits per heavy atom. The van der Waals surface area contributed by atoms with Gasteiger partial charge < -0.3 is 19.3 Å². The third kappa shape index (κ3) is 2.95. The lowest BCUT2D eigenvalue weighted by molar-refractivity contribution is -0.216. The number of carbonyl (C=O) groups excluding carboxylic acids is 2. The van der Waals surface area contributed by atoms with Gasteiger partial charge in [0.1, 0.15) is 6.10 Å². The first-order valence-corrected chi connectivity index (χ1v) is 5.47. The first kappa shape index (κ1) is 13.9. The van der Waals surface area contributed by atoms with Gasteiger partial charge in [0, 0.05) is 12.8 Å². The quantitative estimate of drug-likeness (QED) is 0.684. The maximum Gasteiger partial charge on any atom is 0.337 e. The molecule has 6 heteroatoms. The number of aliphatic hydroxyl groups excluding tert-OH is 1. The van der Waals surface area contributed by atoms with Crippen molar-refractivity contribution >= 4 is 11.9 Å². The van der Waals surface area contributed by atoms with Crippen molar-refractivity contribution in [3.63, 3.8) is 0 Å². The van der Waals surface area contributed by atoms with Crippen molar-refractivity contribution in [2.75, 3.05) is 7.11 Å². The molecule has 0 saturated carbocycles. The number of methoxy groups -OCH3 is 1. The van der Waals surface area contributed by atoms with Crippen LogP contribution in [0.1, 0.15) is 20.8 Å². The summed E-state index contributed by atoms with van der Waals surface area (Å²) in [5.74, 6) is -1.47. The van der Waals surface area contributed by atoms with Crippen molar-refractivity contribution in [3.05, 3.63) is 0 Å². The Balaban J connectivity index is 2.79. The topological polar surface area (TPSA) is 82.1 Å². The van der Waals surface area contributed by atoms with Gasteiger partial charge in [-0.2, -0.15) is 0 Å². The second kappa shape index (κ2) is 5.46. The second-order valence-electron chi connectivity index (χ2n) is 4.21. The van der Waals surface area contributed by atoms with Gasteiger partial charge in [0.25, 0.3) is 0 Å². The molecule has 17 heavy (non-hydrogen) atoms. The summed E-state index contributed by atoms with van der Waals surface area (Å²) >= 11 is 0. The van der Waals surface area contributed by atoms with Gasteiger partial charge >= 0.3 is 11.9 Å². The van der Waals surface area contributed by atoms with E-state index in [2.05, 4.69) is 4.74 Å². The number of aliphatic hydroxyl groups is 1. The van der Waals surface area contributed by atoms with E-state index < -0.39 is 42.3 Å². The van der Waals surface area contributed by atoms with Crippen LogP contribution >= 0.6 is 0 Å².